The molecule has 2 N–H and O–H groups in total. The van der Waals surface area contributed by atoms with Crippen LogP contribution in [0.2, 0.25) is 0 Å². The van der Waals surface area contributed by atoms with Crippen molar-refractivity contribution in [2.75, 3.05) is 39.3 Å². The molecule has 4 heterocycles. The van der Waals surface area contributed by atoms with Crippen LogP contribution in [-0.2, 0) is 0 Å². The fourth-order valence-electron chi connectivity index (χ4n) is 4.77. The Bertz CT molecular complexity index is 459. The third kappa shape index (κ3) is 1.90. The molecule has 5 nitrogen and oxygen atoms in total. The van der Waals surface area contributed by atoms with Crippen molar-refractivity contribution >= 4 is 12.7 Å². The van der Waals surface area contributed by atoms with E-state index >= 15 is 0 Å². The number of hydrogen-bond donors (Lipinski definition) is 2. The van der Waals surface area contributed by atoms with Gasteiger partial charge in [-0.2, -0.15) is 0 Å². The summed E-state index contributed by atoms with van der Waals surface area (Å²) in [6, 6.07) is 4.18. The van der Waals surface area contributed by atoms with Crippen LogP contribution in [0.3, 0.4) is 0 Å². The molecule has 3 aliphatic heterocycles. The van der Waals surface area contributed by atoms with Gasteiger partial charge in [0.05, 0.1) is 0 Å². The molecule has 1 aromatic heterocycles. The Balaban J connectivity index is 1.90. The van der Waals surface area contributed by atoms with Crippen LogP contribution in [0.25, 0.3) is 0 Å². The molecule has 3 saturated heterocycles. The van der Waals surface area contributed by atoms with Crippen LogP contribution in [-0.4, -0.2) is 63.2 Å². The van der Waals surface area contributed by atoms with Gasteiger partial charge in [0, 0.05) is 0 Å². The minimum atomic E-state index is -3.38. The van der Waals surface area contributed by atoms with E-state index in [2.05, 4.69) is 31.1 Å². The Morgan fingerprint density at radius 3 is 1.50 bits per heavy atom. The summed E-state index contributed by atoms with van der Waals surface area (Å²) in [6.45, 7) is 6.17. The number of aromatic nitrogens is 1. The zero-order valence-electron chi connectivity index (χ0n) is 13.5. The maximum atomic E-state index is 12.7. The number of H-pyrrole nitrogens is 1. The molecule has 0 unspecified atom stereocenters. The first kappa shape index (κ1) is 15.1. The zero-order valence-corrected chi connectivity index (χ0v) is 14.3. The first-order valence-electron chi connectivity index (χ1n) is 8.91. The molecule has 4 rings (SSSR count). The van der Waals surface area contributed by atoms with Gasteiger partial charge in [-0.3, -0.25) is 0 Å². The summed E-state index contributed by atoms with van der Waals surface area (Å²) >= 11 is 0. The molecule has 6 heteroatoms. The number of hydrogen-bond acceptors (Lipinski definition) is 4. The van der Waals surface area contributed by atoms with Crippen molar-refractivity contribution in [1.82, 2.24) is 19.0 Å². The molecule has 0 spiro atoms. The van der Waals surface area contributed by atoms with E-state index in [0.29, 0.717) is 0 Å². The van der Waals surface area contributed by atoms with Gasteiger partial charge < -0.3 is 0 Å². The molecule has 0 aliphatic carbocycles. The number of nitrogens with zero attached hydrogens (tertiary/aromatic N) is 3. The number of aromatic amines is 1. The second kappa shape index (κ2) is 5.57. The fraction of sp³-hybridized carbons (Fsp3) is 0.750. The topological polar surface area (TPSA) is 45.7 Å². The van der Waals surface area contributed by atoms with Gasteiger partial charge in [-0.1, -0.05) is 0 Å². The second-order valence-corrected chi connectivity index (χ2v) is 11.0. The van der Waals surface area contributed by atoms with E-state index in [9.17, 15) is 4.89 Å². The van der Waals surface area contributed by atoms with E-state index in [1.54, 1.807) is 0 Å². The summed E-state index contributed by atoms with van der Waals surface area (Å²) in [5, 5.41) is 0. The third-order valence-electron chi connectivity index (χ3n) is 5.82. The van der Waals surface area contributed by atoms with Gasteiger partial charge in [0.15, 0.2) is 0 Å². The molecule has 0 radical (unpaired) electrons. The van der Waals surface area contributed by atoms with Crippen LogP contribution in [0.15, 0.2) is 18.3 Å². The van der Waals surface area contributed by atoms with Crippen LogP contribution in [0.5, 0.6) is 0 Å². The molecule has 1 aromatic rings. The Morgan fingerprint density at radius 1 is 0.773 bits per heavy atom. The van der Waals surface area contributed by atoms with Crippen molar-refractivity contribution < 1.29 is 4.89 Å². The van der Waals surface area contributed by atoms with Crippen LogP contribution < -0.4 is 5.44 Å². The Kier molecular flexibility index (Phi) is 3.82. The van der Waals surface area contributed by atoms with Crippen molar-refractivity contribution in [3.05, 3.63) is 18.3 Å². The van der Waals surface area contributed by atoms with Crippen molar-refractivity contribution in [3.8, 4) is 0 Å². The van der Waals surface area contributed by atoms with Gasteiger partial charge in [-0.25, -0.2) is 0 Å². The Hall–Kier alpha value is -0.450. The van der Waals surface area contributed by atoms with Crippen LogP contribution in [0, 0.1) is 0 Å². The molecule has 124 valence electrons. The monoisotopic (exact) mass is 324 g/mol. The first-order valence-corrected chi connectivity index (χ1v) is 11.0. The van der Waals surface area contributed by atoms with Crippen molar-refractivity contribution in [2.45, 2.75) is 38.5 Å². The molecule has 3 fully saturated rings. The number of rotatable bonds is 4. The van der Waals surface area contributed by atoms with E-state index in [0.717, 1.165) is 44.7 Å². The molecule has 0 aromatic carbocycles. The molecule has 0 saturated carbocycles. The SMILES string of the molecule is OP(c1ccc[nH]1)(N1CCCC1)(N1CCCC1)N1CCCC1. The van der Waals surface area contributed by atoms with E-state index in [1.807, 2.05) is 6.20 Å². The average Bonchev–Trinajstić information content (AvgIpc) is 3.39. The number of nitrogens with one attached hydrogen (secondary N) is 1. The summed E-state index contributed by atoms with van der Waals surface area (Å²) in [5.41, 5.74) is 1.07. The molecular weight excluding hydrogens is 295 g/mol. The van der Waals surface area contributed by atoms with Crippen molar-refractivity contribution in [3.63, 3.8) is 0 Å². The normalized spacial score (nSPS) is 27.4. The summed E-state index contributed by atoms with van der Waals surface area (Å²) in [7, 11) is -3.38. The van der Waals surface area contributed by atoms with Crippen LogP contribution >= 0.6 is 7.28 Å². The summed E-state index contributed by atoms with van der Waals surface area (Å²) < 4.78 is 7.40. The van der Waals surface area contributed by atoms with Gasteiger partial charge in [0.2, 0.25) is 0 Å². The molecular formula is C16H29N4OP. The maximum absolute atomic E-state index is 12.7. The summed E-state index contributed by atoms with van der Waals surface area (Å²) in [5.74, 6) is 0. The molecule has 3 aliphatic rings. The fourth-order valence-corrected chi connectivity index (χ4v) is 10.5. The molecule has 0 amide bonds. The van der Waals surface area contributed by atoms with E-state index in [1.165, 1.54) is 38.5 Å². The Labute approximate surface area is 133 Å². The van der Waals surface area contributed by atoms with E-state index in [4.69, 9.17) is 0 Å². The van der Waals surface area contributed by atoms with Gasteiger partial charge in [-0.15, -0.1) is 0 Å². The first-order chi connectivity index (χ1) is 10.7. The Morgan fingerprint density at radius 2 is 1.18 bits per heavy atom. The van der Waals surface area contributed by atoms with E-state index < -0.39 is 7.28 Å². The van der Waals surface area contributed by atoms with Crippen LogP contribution in [0.1, 0.15) is 38.5 Å². The predicted molar refractivity (Wildman–Crippen MR) is 92.0 cm³/mol. The second-order valence-electron chi connectivity index (χ2n) is 6.97. The van der Waals surface area contributed by atoms with Gasteiger partial charge in [0.1, 0.15) is 0 Å². The van der Waals surface area contributed by atoms with E-state index in [-0.39, 0.29) is 0 Å². The van der Waals surface area contributed by atoms with Crippen LogP contribution in [0.4, 0.5) is 0 Å². The van der Waals surface area contributed by atoms with Gasteiger partial charge in [0.25, 0.3) is 0 Å². The minimum absolute atomic E-state index is 1.03. The quantitative estimate of drug-likeness (QED) is 0.833. The third-order valence-corrected chi connectivity index (χ3v) is 11.3. The zero-order chi connectivity index (χ0) is 15.1. The molecule has 0 bridgehead atoms. The van der Waals surface area contributed by atoms with Crippen molar-refractivity contribution in [1.29, 1.82) is 0 Å². The predicted octanol–water partition coefficient (Wildman–Crippen LogP) is 2.13. The van der Waals surface area contributed by atoms with Crippen molar-refractivity contribution in [2.24, 2.45) is 0 Å². The molecule has 0 atom stereocenters. The molecule has 22 heavy (non-hydrogen) atoms. The standard InChI is InChI=1S/C16H29N4OP/c21-22(16-8-7-9-17-16,18-10-1-2-11-18,19-12-3-4-13-19)20-14-5-6-15-20/h7-9,17,21H,1-6,10-15H2. The summed E-state index contributed by atoms with van der Waals surface area (Å²) in [4.78, 5) is 16.1. The van der Waals surface area contributed by atoms with Gasteiger partial charge >= 0.3 is 133 Å². The summed E-state index contributed by atoms with van der Waals surface area (Å²) in [6.07, 6.45) is 9.24. The average molecular weight is 324 g/mol. The van der Waals surface area contributed by atoms with Gasteiger partial charge in [-0.05, 0) is 0 Å².